The number of halogens is 1. The fraction of sp³-hybridized carbons (Fsp3) is 0.467. The van der Waals surface area contributed by atoms with Crippen LogP contribution < -0.4 is 10.6 Å². The zero-order valence-corrected chi connectivity index (χ0v) is 13.1. The van der Waals surface area contributed by atoms with E-state index in [9.17, 15) is 9.59 Å². The molecular weight excluding hydrogens is 292 g/mol. The third-order valence-corrected chi connectivity index (χ3v) is 3.35. The Morgan fingerprint density at radius 1 is 1.19 bits per heavy atom. The molecule has 1 aromatic carbocycles. The summed E-state index contributed by atoms with van der Waals surface area (Å²) in [5.41, 5.74) is 0.327. The van der Waals surface area contributed by atoms with Crippen molar-refractivity contribution in [3.05, 3.63) is 34.9 Å². The fourth-order valence-electron chi connectivity index (χ4n) is 1.78. The second kappa shape index (κ2) is 8.00. The monoisotopic (exact) mass is 312 g/mol. The normalized spacial score (nSPS) is 13.6. The standard InChI is InChI=1S/C15H21ClN2O3/c1-9(2)13(15(21)17-10(3)8-19)18-14(20)11-6-4-5-7-12(11)16/h4-7,9-10,13,19H,8H2,1-3H3,(H,17,21)(H,18,20). The largest absolute Gasteiger partial charge is 0.394 e. The molecule has 0 aromatic heterocycles. The van der Waals surface area contributed by atoms with Crippen LogP contribution in [0.5, 0.6) is 0 Å². The first-order valence-electron chi connectivity index (χ1n) is 6.83. The molecular formula is C15H21ClN2O3. The van der Waals surface area contributed by atoms with Gasteiger partial charge >= 0.3 is 0 Å². The molecule has 2 unspecified atom stereocenters. The lowest BCUT2D eigenvalue weighted by Crippen LogP contribution is -2.52. The molecule has 1 rings (SSSR count). The number of carbonyl (C=O) groups excluding carboxylic acids is 2. The molecule has 0 radical (unpaired) electrons. The van der Waals surface area contributed by atoms with Crippen LogP contribution in [0.15, 0.2) is 24.3 Å². The molecule has 6 heteroatoms. The topological polar surface area (TPSA) is 78.4 Å². The van der Waals surface area contributed by atoms with Gasteiger partial charge in [-0.3, -0.25) is 9.59 Å². The van der Waals surface area contributed by atoms with Crippen molar-refractivity contribution in [1.29, 1.82) is 0 Å². The highest BCUT2D eigenvalue weighted by atomic mass is 35.5. The Kier molecular flexibility index (Phi) is 6.65. The van der Waals surface area contributed by atoms with Crippen LogP contribution >= 0.6 is 11.6 Å². The van der Waals surface area contributed by atoms with E-state index in [2.05, 4.69) is 10.6 Å². The van der Waals surface area contributed by atoms with E-state index in [1.165, 1.54) is 0 Å². The number of hydrogen-bond acceptors (Lipinski definition) is 3. The van der Waals surface area contributed by atoms with Crippen LogP contribution in [0.1, 0.15) is 31.1 Å². The van der Waals surface area contributed by atoms with E-state index >= 15 is 0 Å². The van der Waals surface area contributed by atoms with Gasteiger partial charge in [0, 0.05) is 6.04 Å². The van der Waals surface area contributed by atoms with Crippen molar-refractivity contribution in [2.75, 3.05) is 6.61 Å². The summed E-state index contributed by atoms with van der Waals surface area (Å²) in [5, 5.41) is 14.6. The van der Waals surface area contributed by atoms with E-state index in [-0.39, 0.29) is 24.5 Å². The third kappa shape index (κ3) is 5.02. The average molecular weight is 313 g/mol. The second-order valence-electron chi connectivity index (χ2n) is 5.27. The quantitative estimate of drug-likeness (QED) is 0.746. The maximum Gasteiger partial charge on any atom is 0.253 e. The Bertz CT molecular complexity index is 505. The van der Waals surface area contributed by atoms with Crippen molar-refractivity contribution in [3.8, 4) is 0 Å². The second-order valence-corrected chi connectivity index (χ2v) is 5.67. The van der Waals surface area contributed by atoms with E-state index in [0.717, 1.165) is 0 Å². The molecule has 0 saturated heterocycles. The van der Waals surface area contributed by atoms with Crippen molar-refractivity contribution in [3.63, 3.8) is 0 Å². The van der Waals surface area contributed by atoms with E-state index in [0.29, 0.717) is 10.6 Å². The van der Waals surface area contributed by atoms with Crippen LogP contribution in [0.25, 0.3) is 0 Å². The van der Waals surface area contributed by atoms with E-state index in [4.69, 9.17) is 16.7 Å². The molecule has 5 nitrogen and oxygen atoms in total. The summed E-state index contributed by atoms with van der Waals surface area (Å²) in [7, 11) is 0. The molecule has 0 bridgehead atoms. The van der Waals surface area contributed by atoms with Crippen molar-refractivity contribution >= 4 is 23.4 Å². The average Bonchev–Trinajstić information content (AvgIpc) is 2.44. The minimum Gasteiger partial charge on any atom is -0.394 e. The predicted molar refractivity (Wildman–Crippen MR) is 82.2 cm³/mol. The Morgan fingerprint density at radius 2 is 1.81 bits per heavy atom. The summed E-state index contributed by atoms with van der Waals surface area (Å²) in [6, 6.07) is 5.60. The minimum absolute atomic E-state index is 0.0951. The number of aliphatic hydroxyl groups excluding tert-OH is 1. The van der Waals surface area contributed by atoms with Crippen LogP contribution in [0, 0.1) is 5.92 Å². The Labute approximate surface area is 129 Å². The highest BCUT2D eigenvalue weighted by Crippen LogP contribution is 2.15. The zero-order valence-electron chi connectivity index (χ0n) is 12.4. The van der Waals surface area contributed by atoms with Gasteiger partial charge in [-0.1, -0.05) is 37.6 Å². The highest BCUT2D eigenvalue weighted by molar-refractivity contribution is 6.33. The molecule has 0 aliphatic carbocycles. The van der Waals surface area contributed by atoms with Crippen molar-refractivity contribution < 1.29 is 14.7 Å². The summed E-state index contributed by atoms with van der Waals surface area (Å²) in [4.78, 5) is 24.4. The van der Waals surface area contributed by atoms with Gasteiger partial charge in [-0.15, -0.1) is 0 Å². The first-order valence-corrected chi connectivity index (χ1v) is 7.21. The van der Waals surface area contributed by atoms with Crippen LogP contribution in [-0.4, -0.2) is 35.6 Å². The lowest BCUT2D eigenvalue weighted by molar-refractivity contribution is -0.124. The first-order chi connectivity index (χ1) is 9.86. The predicted octanol–water partition coefficient (Wildman–Crippen LogP) is 1.59. The van der Waals surface area contributed by atoms with Crippen molar-refractivity contribution in [2.24, 2.45) is 5.92 Å². The van der Waals surface area contributed by atoms with Gasteiger partial charge in [-0.25, -0.2) is 0 Å². The Balaban J connectivity index is 2.82. The van der Waals surface area contributed by atoms with E-state index < -0.39 is 11.9 Å². The first kappa shape index (κ1) is 17.5. The zero-order chi connectivity index (χ0) is 16.0. The van der Waals surface area contributed by atoms with Gasteiger partial charge in [0.15, 0.2) is 0 Å². The minimum atomic E-state index is -0.692. The Morgan fingerprint density at radius 3 is 2.33 bits per heavy atom. The lowest BCUT2D eigenvalue weighted by atomic mass is 10.0. The Hall–Kier alpha value is -1.59. The molecule has 0 aliphatic rings. The number of nitrogens with one attached hydrogen (secondary N) is 2. The van der Waals surface area contributed by atoms with Gasteiger partial charge in [0.05, 0.1) is 17.2 Å². The molecule has 2 amide bonds. The lowest BCUT2D eigenvalue weighted by Gasteiger charge is -2.23. The molecule has 21 heavy (non-hydrogen) atoms. The van der Waals surface area contributed by atoms with Gasteiger partial charge in [-0.2, -0.15) is 0 Å². The molecule has 2 atom stereocenters. The van der Waals surface area contributed by atoms with Gasteiger partial charge in [0.1, 0.15) is 6.04 Å². The summed E-state index contributed by atoms with van der Waals surface area (Å²) in [6.07, 6.45) is 0. The fourth-order valence-corrected chi connectivity index (χ4v) is 2.00. The van der Waals surface area contributed by atoms with Crippen molar-refractivity contribution in [2.45, 2.75) is 32.9 Å². The molecule has 116 valence electrons. The summed E-state index contributed by atoms with van der Waals surface area (Å²) in [5.74, 6) is -0.819. The van der Waals surface area contributed by atoms with E-state index in [1.807, 2.05) is 13.8 Å². The number of amides is 2. The smallest absolute Gasteiger partial charge is 0.253 e. The number of benzene rings is 1. The van der Waals surface area contributed by atoms with Gasteiger partial charge < -0.3 is 15.7 Å². The molecule has 0 saturated carbocycles. The van der Waals surface area contributed by atoms with Gasteiger partial charge in [0.25, 0.3) is 5.91 Å². The summed E-state index contributed by atoms with van der Waals surface area (Å²) in [6.45, 7) is 5.20. The molecule has 0 spiro atoms. The van der Waals surface area contributed by atoms with Gasteiger partial charge in [-0.05, 0) is 25.0 Å². The molecule has 1 aromatic rings. The maximum atomic E-state index is 12.2. The number of carbonyl (C=O) groups is 2. The van der Waals surface area contributed by atoms with E-state index in [1.54, 1.807) is 31.2 Å². The van der Waals surface area contributed by atoms with Gasteiger partial charge in [0.2, 0.25) is 5.91 Å². The molecule has 0 aliphatic heterocycles. The number of hydrogen-bond donors (Lipinski definition) is 3. The SMILES string of the molecule is CC(CO)NC(=O)C(NC(=O)c1ccccc1Cl)C(C)C. The maximum absolute atomic E-state index is 12.2. The van der Waals surface area contributed by atoms with Crippen LogP contribution in [0.4, 0.5) is 0 Å². The number of aliphatic hydroxyl groups is 1. The molecule has 0 heterocycles. The van der Waals surface area contributed by atoms with Crippen molar-refractivity contribution in [1.82, 2.24) is 10.6 Å². The van der Waals surface area contributed by atoms with Crippen LogP contribution in [-0.2, 0) is 4.79 Å². The summed E-state index contributed by atoms with van der Waals surface area (Å²) < 4.78 is 0. The molecule has 3 N–H and O–H groups in total. The van der Waals surface area contributed by atoms with Crippen LogP contribution in [0.3, 0.4) is 0 Å². The molecule has 0 fully saturated rings. The van der Waals surface area contributed by atoms with Crippen LogP contribution in [0.2, 0.25) is 5.02 Å². The number of rotatable bonds is 6. The highest BCUT2D eigenvalue weighted by Gasteiger charge is 2.26. The summed E-state index contributed by atoms with van der Waals surface area (Å²) >= 11 is 5.97. The third-order valence-electron chi connectivity index (χ3n) is 3.02.